The lowest BCUT2D eigenvalue weighted by Gasteiger charge is -2.15. The Morgan fingerprint density at radius 1 is 1.23 bits per heavy atom. The fourth-order valence-electron chi connectivity index (χ4n) is 2.21. The first kappa shape index (κ1) is 17.1. The molecule has 0 bridgehead atoms. The molecule has 1 aromatic heterocycles. The van der Waals surface area contributed by atoms with Gasteiger partial charge in [0.25, 0.3) is 0 Å². The van der Waals surface area contributed by atoms with Crippen LogP contribution in [0.15, 0.2) is 41.4 Å². The van der Waals surface area contributed by atoms with Gasteiger partial charge in [-0.15, -0.1) is 35.3 Å². The Kier molecular flexibility index (Phi) is 6.50. The van der Waals surface area contributed by atoms with E-state index in [0.29, 0.717) is 0 Å². The van der Waals surface area contributed by atoms with Crippen molar-refractivity contribution in [3.8, 4) is 16.2 Å². The van der Waals surface area contributed by atoms with E-state index in [0.717, 1.165) is 37.8 Å². The van der Waals surface area contributed by atoms with Crippen LogP contribution in [0.1, 0.15) is 11.3 Å². The highest BCUT2D eigenvalue weighted by Gasteiger charge is 2.06. The SMILES string of the molecule is COc1ccc(-c2ccc(CNC3=NCCCN3)s2)cc1.I. The predicted molar refractivity (Wildman–Crippen MR) is 103 cm³/mol. The molecule has 1 aliphatic rings. The minimum atomic E-state index is 0. The summed E-state index contributed by atoms with van der Waals surface area (Å²) in [5.41, 5.74) is 1.22. The number of hydrogen-bond acceptors (Lipinski definition) is 5. The van der Waals surface area contributed by atoms with E-state index >= 15 is 0 Å². The average molecular weight is 429 g/mol. The zero-order valence-corrected chi connectivity index (χ0v) is 15.6. The molecule has 1 aliphatic heterocycles. The second-order valence-electron chi connectivity index (χ2n) is 4.86. The first-order valence-electron chi connectivity index (χ1n) is 7.10. The number of rotatable bonds is 4. The highest BCUT2D eigenvalue weighted by Crippen LogP contribution is 2.29. The Balaban J connectivity index is 0.00000176. The van der Waals surface area contributed by atoms with Gasteiger partial charge < -0.3 is 15.4 Å². The Morgan fingerprint density at radius 2 is 2.05 bits per heavy atom. The Morgan fingerprint density at radius 3 is 2.73 bits per heavy atom. The van der Waals surface area contributed by atoms with Crippen molar-refractivity contribution in [2.75, 3.05) is 20.2 Å². The van der Waals surface area contributed by atoms with Crippen molar-refractivity contribution in [3.05, 3.63) is 41.3 Å². The van der Waals surface area contributed by atoms with E-state index in [2.05, 4.69) is 39.9 Å². The van der Waals surface area contributed by atoms with Crippen molar-refractivity contribution >= 4 is 41.3 Å². The van der Waals surface area contributed by atoms with Crippen LogP contribution >= 0.6 is 35.3 Å². The monoisotopic (exact) mass is 429 g/mol. The van der Waals surface area contributed by atoms with Crippen LogP contribution in [0.2, 0.25) is 0 Å². The van der Waals surface area contributed by atoms with Gasteiger partial charge in [0.2, 0.25) is 0 Å². The summed E-state index contributed by atoms with van der Waals surface area (Å²) < 4.78 is 5.19. The fourth-order valence-corrected chi connectivity index (χ4v) is 3.16. The summed E-state index contributed by atoms with van der Waals surface area (Å²) in [6, 6.07) is 12.5. The maximum atomic E-state index is 5.19. The van der Waals surface area contributed by atoms with Crippen LogP contribution in [-0.4, -0.2) is 26.2 Å². The molecule has 22 heavy (non-hydrogen) atoms. The van der Waals surface area contributed by atoms with Gasteiger partial charge in [0.1, 0.15) is 5.75 Å². The largest absolute Gasteiger partial charge is 0.497 e. The maximum absolute atomic E-state index is 5.19. The standard InChI is InChI=1S/C16H19N3OS.HI/c1-20-13-5-3-12(4-6-13)15-8-7-14(21-15)11-19-16-17-9-2-10-18-16;/h3-8H,2,9-11H2,1H3,(H2,17,18,19);1H. The zero-order valence-electron chi connectivity index (χ0n) is 12.5. The third-order valence-electron chi connectivity index (χ3n) is 3.36. The molecular weight excluding hydrogens is 409 g/mol. The number of methoxy groups -OCH3 is 1. The smallest absolute Gasteiger partial charge is 0.191 e. The molecule has 0 saturated carbocycles. The molecule has 0 saturated heterocycles. The van der Waals surface area contributed by atoms with Gasteiger partial charge in [0.15, 0.2) is 5.96 Å². The zero-order chi connectivity index (χ0) is 14.5. The van der Waals surface area contributed by atoms with Crippen LogP contribution in [0.4, 0.5) is 0 Å². The van der Waals surface area contributed by atoms with E-state index in [1.807, 2.05) is 12.1 Å². The molecule has 3 rings (SSSR count). The van der Waals surface area contributed by atoms with Crippen molar-refractivity contribution in [2.24, 2.45) is 4.99 Å². The molecule has 2 aromatic rings. The molecule has 0 unspecified atom stereocenters. The van der Waals surface area contributed by atoms with Gasteiger partial charge in [-0.25, -0.2) is 0 Å². The molecule has 0 spiro atoms. The van der Waals surface area contributed by atoms with E-state index in [4.69, 9.17) is 4.74 Å². The van der Waals surface area contributed by atoms with Gasteiger partial charge >= 0.3 is 0 Å². The molecule has 0 atom stereocenters. The molecule has 6 heteroatoms. The van der Waals surface area contributed by atoms with Crippen molar-refractivity contribution in [1.29, 1.82) is 0 Å². The summed E-state index contributed by atoms with van der Waals surface area (Å²) >= 11 is 1.80. The molecule has 4 nitrogen and oxygen atoms in total. The Hall–Kier alpha value is -1.28. The highest BCUT2D eigenvalue weighted by molar-refractivity contribution is 14.0. The molecule has 0 fully saturated rings. The van der Waals surface area contributed by atoms with Crippen molar-refractivity contribution in [1.82, 2.24) is 10.6 Å². The van der Waals surface area contributed by atoms with Crippen LogP contribution in [0.5, 0.6) is 5.75 Å². The Labute approximate surface area is 152 Å². The minimum Gasteiger partial charge on any atom is -0.497 e. The number of ether oxygens (including phenoxy) is 1. The van der Waals surface area contributed by atoms with Crippen LogP contribution in [0.3, 0.4) is 0 Å². The first-order valence-corrected chi connectivity index (χ1v) is 7.92. The molecule has 0 amide bonds. The molecule has 2 N–H and O–H groups in total. The van der Waals surface area contributed by atoms with Crippen LogP contribution in [0, 0.1) is 0 Å². The molecule has 1 aromatic carbocycles. The number of nitrogens with zero attached hydrogens (tertiary/aromatic N) is 1. The number of halogens is 1. The molecule has 118 valence electrons. The lowest BCUT2D eigenvalue weighted by atomic mass is 10.2. The van der Waals surface area contributed by atoms with Crippen LogP contribution in [0.25, 0.3) is 10.4 Å². The van der Waals surface area contributed by atoms with Crippen LogP contribution < -0.4 is 15.4 Å². The van der Waals surface area contributed by atoms with Crippen molar-refractivity contribution in [3.63, 3.8) is 0 Å². The summed E-state index contributed by atoms with van der Waals surface area (Å²) in [6.07, 6.45) is 1.12. The number of aliphatic imine (C=N–C) groups is 1. The van der Waals surface area contributed by atoms with E-state index < -0.39 is 0 Å². The quantitative estimate of drug-likeness (QED) is 0.732. The van der Waals surface area contributed by atoms with Gasteiger partial charge in [-0.3, -0.25) is 4.99 Å². The first-order chi connectivity index (χ1) is 10.3. The minimum absolute atomic E-state index is 0. The number of guanidine groups is 1. The maximum Gasteiger partial charge on any atom is 0.191 e. The molecule has 0 radical (unpaired) electrons. The summed E-state index contributed by atoms with van der Waals surface area (Å²) in [5, 5.41) is 6.62. The third kappa shape index (κ3) is 4.36. The highest BCUT2D eigenvalue weighted by atomic mass is 127. The third-order valence-corrected chi connectivity index (χ3v) is 4.50. The topological polar surface area (TPSA) is 45.6 Å². The summed E-state index contributed by atoms with van der Waals surface area (Å²) in [5.74, 6) is 1.80. The summed E-state index contributed by atoms with van der Waals surface area (Å²) in [6.45, 7) is 2.73. The number of thiophene rings is 1. The van der Waals surface area contributed by atoms with Gasteiger partial charge in [0, 0.05) is 22.8 Å². The van der Waals surface area contributed by atoms with E-state index in [1.165, 1.54) is 15.3 Å². The summed E-state index contributed by atoms with van der Waals surface area (Å²) in [7, 11) is 1.69. The number of hydrogen-bond donors (Lipinski definition) is 2. The summed E-state index contributed by atoms with van der Waals surface area (Å²) in [4.78, 5) is 6.99. The van der Waals surface area contributed by atoms with E-state index in [1.54, 1.807) is 18.4 Å². The second-order valence-corrected chi connectivity index (χ2v) is 6.03. The average Bonchev–Trinajstić information content (AvgIpc) is 3.03. The fraction of sp³-hybridized carbons (Fsp3) is 0.312. The van der Waals surface area contributed by atoms with E-state index in [9.17, 15) is 0 Å². The lowest BCUT2D eigenvalue weighted by Crippen LogP contribution is -2.40. The molecular formula is C16H20IN3OS. The predicted octanol–water partition coefficient (Wildman–Crippen LogP) is 3.48. The number of benzene rings is 1. The van der Waals surface area contributed by atoms with Gasteiger partial charge in [-0.2, -0.15) is 0 Å². The molecule has 2 heterocycles. The normalized spacial score (nSPS) is 13.6. The van der Waals surface area contributed by atoms with Gasteiger partial charge in [-0.05, 0) is 48.4 Å². The van der Waals surface area contributed by atoms with Gasteiger partial charge in [0.05, 0.1) is 13.7 Å². The molecule has 0 aliphatic carbocycles. The Bertz CT molecular complexity index is 625. The van der Waals surface area contributed by atoms with Gasteiger partial charge in [-0.1, -0.05) is 0 Å². The van der Waals surface area contributed by atoms with Crippen LogP contribution in [-0.2, 0) is 6.54 Å². The lowest BCUT2D eigenvalue weighted by molar-refractivity contribution is 0.415. The second kappa shape index (κ2) is 8.38. The van der Waals surface area contributed by atoms with E-state index in [-0.39, 0.29) is 24.0 Å². The van der Waals surface area contributed by atoms with Crippen molar-refractivity contribution in [2.45, 2.75) is 13.0 Å². The number of nitrogens with one attached hydrogen (secondary N) is 2. The van der Waals surface area contributed by atoms with Crippen molar-refractivity contribution < 1.29 is 4.74 Å².